The summed E-state index contributed by atoms with van der Waals surface area (Å²) >= 11 is 0. The minimum Gasteiger partial charge on any atom is -0.317 e. The maximum absolute atomic E-state index is 12.6. The average molecular weight is 282 g/mol. The van der Waals surface area contributed by atoms with Crippen LogP contribution in [0.4, 0.5) is 8.78 Å². The van der Waals surface area contributed by atoms with Crippen molar-refractivity contribution in [3.05, 3.63) is 35.4 Å². The van der Waals surface area contributed by atoms with Gasteiger partial charge in [-0.3, -0.25) is 4.90 Å². The fourth-order valence-corrected chi connectivity index (χ4v) is 2.85. The SMILES string of the molecule is CCCN(Cc1ccc(C(F)F)cc1)C1CCNCC1. The van der Waals surface area contributed by atoms with Crippen molar-refractivity contribution in [1.82, 2.24) is 10.2 Å². The first-order chi connectivity index (χ1) is 9.70. The molecule has 1 fully saturated rings. The molecule has 2 nitrogen and oxygen atoms in total. The summed E-state index contributed by atoms with van der Waals surface area (Å²) in [6.45, 7) is 6.28. The highest BCUT2D eigenvalue weighted by molar-refractivity contribution is 5.23. The predicted octanol–water partition coefficient (Wildman–Crippen LogP) is 3.59. The van der Waals surface area contributed by atoms with Crippen LogP contribution in [0.2, 0.25) is 0 Å². The Morgan fingerprint density at radius 2 is 1.85 bits per heavy atom. The Morgan fingerprint density at radius 3 is 2.40 bits per heavy atom. The predicted molar refractivity (Wildman–Crippen MR) is 78.0 cm³/mol. The maximum Gasteiger partial charge on any atom is 0.263 e. The fourth-order valence-electron chi connectivity index (χ4n) is 2.85. The van der Waals surface area contributed by atoms with Crippen LogP contribution in [0.5, 0.6) is 0 Å². The molecular formula is C16H24F2N2. The number of nitrogens with zero attached hydrogens (tertiary/aromatic N) is 1. The Bertz CT molecular complexity index is 386. The first-order valence-electron chi connectivity index (χ1n) is 7.52. The summed E-state index contributed by atoms with van der Waals surface area (Å²) < 4.78 is 25.1. The van der Waals surface area contributed by atoms with E-state index >= 15 is 0 Å². The number of alkyl halides is 2. The van der Waals surface area contributed by atoms with E-state index in [1.807, 2.05) is 12.1 Å². The van der Waals surface area contributed by atoms with Crippen LogP contribution in [-0.4, -0.2) is 30.6 Å². The Balaban J connectivity index is 1.99. The Morgan fingerprint density at radius 1 is 1.20 bits per heavy atom. The molecule has 0 amide bonds. The third kappa shape index (κ3) is 4.25. The van der Waals surface area contributed by atoms with Crippen LogP contribution in [-0.2, 0) is 6.54 Å². The van der Waals surface area contributed by atoms with Gasteiger partial charge in [0.15, 0.2) is 0 Å². The molecule has 0 radical (unpaired) electrons. The highest BCUT2D eigenvalue weighted by atomic mass is 19.3. The largest absolute Gasteiger partial charge is 0.317 e. The number of rotatable bonds is 6. The average Bonchev–Trinajstić information content (AvgIpc) is 2.48. The van der Waals surface area contributed by atoms with Crippen molar-refractivity contribution in [2.45, 2.75) is 45.2 Å². The normalized spacial score (nSPS) is 17.1. The zero-order valence-electron chi connectivity index (χ0n) is 12.1. The van der Waals surface area contributed by atoms with Gasteiger partial charge in [0.1, 0.15) is 0 Å². The molecule has 1 aromatic carbocycles. The van der Waals surface area contributed by atoms with E-state index in [4.69, 9.17) is 0 Å². The van der Waals surface area contributed by atoms with Gasteiger partial charge >= 0.3 is 0 Å². The second-order valence-corrected chi connectivity index (χ2v) is 5.49. The molecule has 1 N–H and O–H groups in total. The van der Waals surface area contributed by atoms with E-state index in [0.29, 0.717) is 6.04 Å². The lowest BCUT2D eigenvalue weighted by molar-refractivity contribution is 0.150. The van der Waals surface area contributed by atoms with Crippen LogP contribution in [0.1, 0.15) is 43.7 Å². The summed E-state index contributed by atoms with van der Waals surface area (Å²) in [5, 5.41) is 3.39. The molecule has 4 heteroatoms. The fraction of sp³-hybridized carbons (Fsp3) is 0.625. The molecule has 112 valence electrons. The number of benzene rings is 1. The molecule has 1 heterocycles. The van der Waals surface area contributed by atoms with Crippen molar-refractivity contribution in [1.29, 1.82) is 0 Å². The zero-order valence-corrected chi connectivity index (χ0v) is 12.1. The second kappa shape index (κ2) is 7.70. The second-order valence-electron chi connectivity index (χ2n) is 5.49. The lowest BCUT2D eigenvalue weighted by Crippen LogP contribution is -2.43. The molecule has 1 aliphatic heterocycles. The summed E-state index contributed by atoms with van der Waals surface area (Å²) in [6, 6.07) is 7.39. The summed E-state index contributed by atoms with van der Waals surface area (Å²) in [5.74, 6) is 0. The first-order valence-corrected chi connectivity index (χ1v) is 7.52. The minimum atomic E-state index is -2.37. The molecule has 0 atom stereocenters. The lowest BCUT2D eigenvalue weighted by Gasteiger charge is -2.34. The van der Waals surface area contributed by atoms with Crippen molar-refractivity contribution < 1.29 is 8.78 Å². The molecule has 2 rings (SSSR count). The molecule has 20 heavy (non-hydrogen) atoms. The van der Waals surface area contributed by atoms with Gasteiger partial charge in [-0.1, -0.05) is 31.2 Å². The van der Waals surface area contributed by atoms with Crippen LogP contribution in [0, 0.1) is 0 Å². The van der Waals surface area contributed by atoms with Crippen LogP contribution in [0.15, 0.2) is 24.3 Å². The molecule has 1 aliphatic rings. The molecule has 0 aromatic heterocycles. The van der Waals surface area contributed by atoms with E-state index in [2.05, 4.69) is 17.1 Å². The third-order valence-electron chi connectivity index (χ3n) is 3.95. The van der Waals surface area contributed by atoms with E-state index in [0.717, 1.165) is 38.2 Å². The number of piperidine rings is 1. The number of hydrogen-bond donors (Lipinski definition) is 1. The highest BCUT2D eigenvalue weighted by Crippen LogP contribution is 2.21. The minimum absolute atomic E-state index is 0.109. The van der Waals surface area contributed by atoms with Gasteiger partial charge in [-0.15, -0.1) is 0 Å². The van der Waals surface area contributed by atoms with Crippen molar-refractivity contribution in [2.75, 3.05) is 19.6 Å². The lowest BCUT2D eigenvalue weighted by atomic mass is 10.0. The van der Waals surface area contributed by atoms with E-state index in [1.54, 1.807) is 12.1 Å². The van der Waals surface area contributed by atoms with Crippen LogP contribution in [0.25, 0.3) is 0 Å². The third-order valence-corrected chi connectivity index (χ3v) is 3.95. The zero-order chi connectivity index (χ0) is 14.4. The molecular weight excluding hydrogens is 258 g/mol. The Labute approximate surface area is 120 Å². The van der Waals surface area contributed by atoms with E-state index in [9.17, 15) is 8.78 Å². The maximum atomic E-state index is 12.6. The number of nitrogens with one attached hydrogen (secondary N) is 1. The van der Waals surface area contributed by atoms with Crippen molar-refractivity contribution >= 4 is 0 Å². The van der Waals surface area contributed by atoms with Crippen molar-refractivity contribution in [2.24, 2.45) is 0 Å². The van der Waals surface area contributed by atoms with E-state index < -0.39 is 6.43 Å². The van der Waals surface area contributed by atoms with Crippen molar-refractivity contribution in [3.8, 4) is 0 Å². The van der Waals surface area contributed by atoms with Gasteiger partial charge in [-0.05, 0) is 44.5 Å². The molecule has 1 saturated heterocycles. The Hall–Kier alpha value is -1.00. The molecule has 0 aliphatic carbocycles. The molecule has 1 aromatic rings. The van der Waals surface area contributed by atoms with Gasteiger partial charge in [0.05, 0.1) is 0 Å². The van der Waals surface area contributed by atoms with E-state index in [-0.39, 0.29) is 5.56 Å². The molecule has 0 unspecified atom stereocenters. The van der Waals surface area contributed by atoms with Gasteiger partial charge in [-0.2, -0.15) is 0 Å². The Kier molecular flexibility index (Phi) is 5.92. The highest BCUT2D eigenvalue weighted by Gasteiger charge is 2.20. The summed E-state index contributed by atoms with van der Waals surface area (Å²) in [6.07, 6.45) is 1.10. The summed E-state index contributed by atoms with van der Waals surface area (Å²) in [5.41, 5.74) is 1.24. The smallest absolute Gasteiger partial charge is 0.263 e. The van der Waals surface area contributed by atoms with Gasteiger partial charge in [0.25, 0.3) is 6.43 Å². The summed E-state index contributed by atoms with van der Waals surface area (Å²) in [4.78, 5) is 2.50. The van der Waals surface area contributed by atoms with Crippen LogP contribution in [0.3, 0.4) is 0 Å². The topological polar surface area (TPSA) is 15.3 Å². The van der Waals surface area contributed by atoms with E-state index in [1.165, 1.54) is 12.8 Å². The molecule has 0 bridgehead atoms. The molecule has 0 spiro atoms. The van der Waals surface area contributed by atoms with Gasteiger partial charge < -0.3 is 5.32 Å². The summed E-state index contributed by atoms with van der Waals surface area (Å²) in [7, 11) is 0. The van der Waals surface area contributed by atoms with Gasteiger partial charge in [-0.25, -0.2) is 8.78 Å². The van der Waals surface area contributed by atoms with Crippen molar-refractivity contribution in [3.63, 3.8) is 0 Å². The molecule has 0 saturated carbocycles. The van der Waals surface area contributed by atoms with Crippen LogP contribution < -0.4 is 5.32 Å². The number of hydrogen-bond acceptors (Lipinski definition) is 2. The van der Waals surface area contributed by atoms with Gasteiger partial charge in [0.2, 0.25) is 0 Å². The number of halogens is 2. The standard InChI is InChI=1S/C16H24F2N2/c1-2-11-20(15-7-9-19-10-8-15)12-13-3-5-14(6-4-13)16(17)18/h3-6,15-16,19H,2,7-12H2,1H3. The first kappa shape index (κ1) is 15.4. The quantitative estimate of drug-likeness (QED) is 0.858. The monoisotopic (exact) mass is 282 g/mol. The van der Waals surface area contributed by atoms with Crippen LogP contribution >= 0.6 is 0 Å². The van der Waals surface area contributed by atoms with Gasteiger partial charge in [0, 0.05) is 18.2 Å².